The fourth-order valence-corrected chi connectivity index (χ4v) is 3.93. The highest BCUT2D eigenvalue weighted by molar-refractivity contribution is 7.13. The molecule has 0 saturated carbocycles. The van der Waals surface area contributed by atoms with E-state index in [1.807, 2.05) is 5.38 Å². The van der Waals surface area contributed by atoms with Crippen LogP contribution in [0.2, 0.25) is 5.02 Å². The lowest BCUT2D eigenvalue weighted by molar-refractivity contribution is 0.734. The maximum Gasteiger partial charge on any atom is 0.261 e. The summed E-state index contributed by atoms with van der Waals surface area (Å²) in [6.07, 6.45) is 1.56. The maximum absolute atomic E-state index is 12.7. The van der Waals surface area contributed by atoms with Crippen LogP contribution < -0.4 is 5.56 Å². The van der Waals surface area contributed by atoms with Crippen LogP contribution in [-0.2, 0) is 6.54 Å². The Labute approximate surface area is 166 Å². The van der Waals surface area contributed by atoms with E-state index in [9.17, 15) is 4.79 Å². The van der Waals surface area contributed by atoms with E-state index in [0.29, 0.717) is 28.4 Å². The monoisotopic (exact) mass is 395 g/mol. The fraction of sp³-hybridized carbons (Fsp3) is 0.190. The second-order valence-corrected chi connectivity index (χ2v) is 8.05. The van der Waals surface area contributed by atoms with Crippen molar-refractivity contribution in [3.05, 3.63) is 80.8 Å². The number of hydrogen-bond acceptors (Lipinski definition) is 4. The molecular weight excluding hydrogens is 378 g/mol. The predicted molar refractivity (Wildman–Crippen MR) is 112 cm³/mol. The topological polar surface area (TPSA) is 47.8 Å². The summed E-state index contributed by atoms with van der Waals surface area (Å²) < 4.78 is 1.57. The predicted octanol–water partition coefficient (Wildman–Crippen LogP) is 5.35. The molecule has 0 fully saturated rings. The van der Waals surface area contributed by atoms with Gasteiger partial charge in [0.25, 0.3) is 5.56 Å². The zero-order chi connectivity index (χ0) is 19.0. The van der Waals surface area contributed by atoms with Gasteiger partial charge in [0.2, 0.25) is 0 Å². The van der Waals surface area contributed by atoms with Crippen LogP contribution in [0.3, 0.4) is 0 Å². The lowest BCUT2D eigenvalue weighted by Gasteiger charge is -2.06. The van der Waals surface area contributed by atoms with E-state index in [0.717, 1.165) is 16.3 Å². The molecule has 0 bridgehead atoms. The molecule has 2 aromatic carbocycles. The van der Waals surface area contributed by atoms with Crippen LogP contribution in [0.4, 0.5) is 0 Å². The Morgan fingerprint density at radius 3 is 2.67 bits per heavy atom. The number of hydrogen-bond donors (Lipinski definition) is 0. The molecule has 0 aliphatic heterocycles. The summed E-state index contributed by atoms with van der Waals surface area (Å²) in [5, 5.41) is 3.98. The summed E-state index contributed by atoms with van der Waals surface area (Å²) >= 11 is 7.60. The third-order valence-corrected chi connectivity index (χ3v) is 5.67. The van der Waals surface area contributed by atoms with E-state index in [1.165, 1.54) is 5.56 Å². The van der Waals surface area contributed by atoms with Gasteiger partial charge < -0.3 is 0 Å². The number of nitrogens with zero attached hydrogens (tertiary/aromatic N) is 3. The summed E-state index contributed by atoms with van der Waals surface area (Å²) in [5.41, 5.74) is 3.77. The van der Waals surface area contributed by atoms with Crippen molar-refractivity contribution >= 4 is 33.8 Å². The first-order valence-corrected chi connectivity index (χ1v) is 9.96. The van der Waals surface area contributed by atoms with E-state index in [1.54, 1.807) is 40.4 Å². The Hall–Kier alpha value is -2.50. The summed E-state index contributed by atoms with van der Waals surface area (Å²) in [6, 6.07) is 13.6. The van der Waals surface area contributed by atoms with Crippen LogP contribution in [-0.4, -0.2) is 14.5 Å². The zero-order valence-electron chi connectivity index (χ0n) is 15.0. The van der Waals surface area contributed by atoms with Crippen molar-refractivity contribution in [1.82, 2.24) is 14.5 Å². The summed E-state index contributed by atoms with van der Waals surface area (Å²) in [6.45, 7) is 4.74. The molecule has 2 aromatic heterocycles. The maximum atomic E-state index is 12.7. The SMILES string of the molecule is CC(C)c1ccc(-c2nc(Cn3cnc4ccc(Cl)cc4c3=O)cs2)cc1. The van der Waals surface area contributed by atoms with Crippen LogP contribution in [0.5, 0.6) is 0 Å². The number of rotatable bonds is 4. The zero-order valence-corrected chi connectivity index (χ0v) is 16.6. The molecule has 0 radical (unpaired) electrons. The Morgan fingerprint density at radius 1 is 1.15 bits per heavy atom. The molecule has 0 unspecified atom stereocenters. The van der Waals surface area contributed by atoms with Crippen molar-refractivity contribution in [1.29, 1.82) is 0 Å². The van der Waals surface area contributed by atoms with Gasteiger partial charge in [-0.25, -0.2) is 9.97 Å². The molecular formula is C21H18ClN3OS. The normalized spacial score (nSPS) is 11.4. The van der Waals surface area contributed by atoms with Crippen LogP contribution in [0.1, 0.15) is 31.0 Å². The lowest BCUT2D eigenvalue weighted by Crippen LogP contribution is -2.21. The average molecular weight is 396 g/mol. The highest BCUT2D eigenvalue weighted by atomic mass is 35.5. The van der Waals surface area contributed by atoms with Gasteiger partial charge in [0.05, 0.1) is 29.5 Å². The molecule has 4 rings (SSSR count). The van der Waals surface area contributed by atoms with E-state index >= 15 is 0 Å². The number of aromatic nitrogens is 3. The number of benzene rings is 2. The minimum absolute atomic E-state index is 0.113. The summed E-state index contributed by atoms with van der Waals surface area (Å²) in [4.78, 5) is 21.7. The number of fused-ring (bicyclic) bond motifs is 1. The number of thiazole rings is 1. The molecule has 136 valence electrons. The summed E-state index contributed by atoms with van der Waals surface area (Å²) in [7, 11) is 0. The fourth-order valence-electron chi connectivity index (χ4n) is 2.94. The van der Waals surface area contributed by atoms with Crippen molar-refractivity contribution in [2.45, 2.75) is 26.3 Å². The van der Waals surface area contributed by atoms with Crippen LogP contribution in [0, 0.1) is 0 Å². The first-order chi connectivity index (χ1) is 13.0. The van der Waals surface area contributed by atoms with E-state index in [-0.39, 0.29) is 5.56 Å². The van der Waals surface area contributed by atoms with Crippen molar-refractivity contribution < 1.29 is 0 Å². The summed E-state index contributed by atoms with van der Waals surface area (Å²) in [5.74, 6) is 0.506. The molecule has 0 amide bonds. The molecule has 0 atom stereocenters. The highest BCUT2D eigenvalue weighted by Gasteiger charge is 2.09. The molecule has 0 spiro atoms. The molecule has 0 saturated heterocycles. The molecule has 27 heavy (non-hydrogen) atoms. The van der Waals surface area contributed by atoms with Gasteiger partial charge in [-0.1, -0.05) is 49.7 Å². The third-order valence-electron chi connectivity index (χ3n) is 4.49. The van der Waals surface area contributed by atoms with Gasteiger partial charge >= 0.3 is 0 Å². The first kappa shape index (κ1) is 17.9. The van der Waals surface area contributed by atoms with Crippen molar-refractivity contribution in [2.75, 3.05) is 0 Å². The minimum atomic E-state index is -0.113. The molecule has 4 nitrogen and oxygen atoms in total. The largest absolute Gasteiger partial charge is 0.293 e. The van der Waals surface area contributed by atoms with Crippen LogP contribution in [0.25, 0.3) is 21.5 Å². The van der Waals surface area contributed by atoms with Gasteiger partial charge in [-0.2, -0.15) is 0 Å². The van der Waals surface area contributed by atoms with E-state index < -0.39 is 0 Å². The van der Waals surface area contributed by atoms with Gasteiger partial charge in [0, 0.05) is 16.0 Å². The quantitative estimate of drug-likeness (QED) is 0.468. The van der Waals surface area contributed by atoms with Crippen molar-refractivity contribution in [2.24, 2.45) is 0 Å². The minimum Gasteiger partial charge on any atom is -0.293 e. The molecule has 4 aromatic rings. The van der Waals surface area contributed by atoms with Gasteiger partial charge in [0.15, 0.2) is 0 Å². The van der Waals surface area contributed by atoms with Crippen LogP contribution >= 0.6 is 22.9 Å². The van der Waals surface area contributed by atoms with Gasteiger partial charge in [-0.3, -0.25) is 9.36 Å². The van der Waals surface area contributed by atoms with E-state index in [2.05, 4.69) is 43.1 Å². The average Bonchev–Trinajstić information content (AvgIpc) is 3.13. The first-order valence-electron chi connectivity index (χ1n) is 8.70. The Bertz CT molecular complexity index is 1160. The standard InChI is InChI=1S/C21H18ClN3OS/c1-13(2)14-3-5-15(6-4-14)20-24-17(11-27-20)10-25-12-23-19-8-7-16(22)9-18(19)21(25)26/h3-9,11-13H,10H2,1-2H3. The highest BCUT2D eigenvalue weighted by Crippen LogP contribution is 2.26. The Morgan fingerprint density at radius 2 is 1.93 bits per heavy atom. The molecule has 0 N–H and O–H groups in total. The van der Waals surface area contributed by atoms with Gasteiger partial charge in [-0.15, -0.1) is 11.3 Å². The Kier molecular flexibility index (Phi) is 4.81. The second-order valence-electron chi connectivity index (χ2n) is 6.76. The van der Waals surface area contributed by atoms with Crippen molar-refractivity contribution in [3.8, 4) is 10.6 Å². The third kappa shape index (κ3) is 3.66. The second kappa shape index (κ2) is 7.25. The molecule has 0 aliphatic carbocycles. The smallest absolute Gasteiger partial charge is 0.261 e. The number of halogens is 1. The van der Waals surface area contributed by atoms with E-state index in [4.69, 9.17) is 16.6 Å². The molecule has 6 heteroatoms. The Balaban J connectivity index is 1.62. The lowest BCUT2D eigenvalue weighted by atomic mass is 10.0. The molecule has 0 aliphatic rings. The van der Waals surface area contributed by atoms with Crippen LogP contribution in [0.15, 0.2) is 59.0 Å². The van der Waals surface area contributed by atoms with Gasteiger partial charge in [0.1, 0.15) is 5.01 Å². The van der Waals surface area contributed by atoms with Crippen molar-refractivity contribution in [3.63, 3.8) is 0 Å². The molecule has 2 heterocycles. The van der Waals surface area contributed by atoms with Gasteiger partial charge in [-0.05, 0) is 29.7 Å².